The van der Waals surface area contributed by atoms with E-state index >= 15 is 0 Å². The molecule has 1 heterocycles. The van der Waals surface area contributed by atoms with Gasteiger partial charge in [-0.2, -0.15) is 0 Å². The highest BCUT2D eigenvalue weighted by molar-refractivity contribution is 5.88. The number of nitrogens with zero attached hydrogens (tertiary/aromatic N) is 1. The summed E-state index contributed by atoms with van der Waals surface area (Å²) in [6.45, 7) is 0.869. The van der Waals surface area contributed by atoms with Crippen LogP contribution in [0.4, 0.5) is 4.39 Å². The lowest BCUT2D eigenvalue weighted by Crippen LogP contribution is -2.48. The molecular weight excluding hydrogens is 345 g/mol. The predicted octanol–water partition coefficient (Wildman–Crippen LogP) is 3.94. The number of para-hydroxylation sites is 2. The fraction of sp³-hybridized carbons (Fsp3) is 0.409. The van der Waals surface area contributed by atoms with Gasteiger partial charge in [0.25, 0.3) is 0 Å². The van der Waals surface area contributed by atoms with E-state index < -0.39 is 5.41 Å². The molecule has 2 aromatic rings. The van der Waals surface area contributed by atoms with E-state index in [4.69, 9.17) is 9.47 Å². The Hall–Kier alpha value is -2.56. The summed E-state index contributed by atoms with van der Waals surface area (Å²) in [5.41, 5.74) is 0.347. The van der Waals surface area contributed by atoms with Crippen LogP contribution >= 0.6 is 0 Å². The van der Waals surface area contributed by atoms with Gasteiger partial charge in [-0.15, -0.1) is 0 Å². The van der Waals surface area contributed by atoms with Crippen LogP contribution in [-0.4, -0.2) is 37.1 Å². The second-order valence-corrected chi connectivity index (χ2v) is 7.48. The molecule has 1 aliphatic heterocycles. The van der Waals surface area contributed by atoms with Gasteiger partial charge in [-0.25, -0.2) is 4.39 Å². The van der Waals surface area contributed by atoms with Crippen LogP contribution < -0.4 is 9.47 Å². The molecule has 0 spiro atoms. The highest BCUT2D eigenvalue weighted by Crippen LogP contribution is 2.42. The lowest BCUT2D eigenvalue weighted by atomic mass is 9.77. The summed E-state index contributed by atoms with van der Waals surface area (Å²) in [5, 5.41) is 0. The van der Waals surface area contributed by atoms with E-state index in [1.54, 1.807) is 17.0 Å². The summed E-state index contributed by atoms with van der Waals surface area (Å²) in [5.74, 6) is 1.25. The zero-order valence-corrected chi connectivity index (χ0v) is 15.5. The molecule has 0 saturated heterocycles. The smallest absolute Gasteiger partial charge is 0.233 e. The van der Waals surface area contributed by atoms with Crippen LogP contribution in [0, 0.1) is 5.82 Å². The lowest BCUT2D eigenvalue weighted by molar-refractivity contribution is -0.137. The van der Waals surface area contributed by atoms with E-state index in [1.165, 1.54) is 12.1 Å². The van der Waals surface area contributed by atoms with Crippen molar-refractivity contribution in [1.29, 1.82) is 0 Å². The zero-order valence-electron chi connectivity index (χ0n) is 15.5. The number of amides is 1. The summed E-state index contributed by atoms with van der Waals surface area (Å²) in [7, 11) is 1.82. The van der Waals surface area contributed by atoms with Gasteiger partial charge in [-0.1, -0.05) is 37.1 Å². The SMILES string of the molecule is CN(CC1COc2ccccc2O1)C(=O)C1(c2ccc(F)cc2)CCCC1. The van der Waals surface area contributed by atoms with Crippen molar-refractivity contribution in [2.75, 3.05) is 20.2 Å². The molecule has 4 nitrogen and oxygen atoms in total. The highest BCUT2D eigenvalue weighted by Gasteiger charge is 2.44. The first-order valence-corrected chi connectivity index (χ1v) is 9.49. The third-order valence-corrected chi connectivity index (χ3v) is 5.66. The Morgan fingerprint density at radius 1 is 1.11 bits per heavy atom. The number of carbonyl (C=O) groups excluding carboxylic acids is 1. The topological polar surface area (TPSA) is 38.8 Å². The van der Waals surface area contributed by atoms with Crippen LogP contribution in [0.5, 0.6) is 11.5 Å². The number of rotatable bonds is 4. The molecule has 5 heteroatoms. The third kappa shape index (κ3) is 3.38. The molecule has 0 aromatic heterocycles. The van der Waals surface area contributed by atoms with Crippen molar-refractivity contribution in [3.05, 3.63) is 59.9 Å². The van der Waals surface area contributed by atoms with Crippen molar-refractivity contribution < 1.29 is 18.7 Å². The predicted molar refractivity (Wildman–Crippen MR) is 101 cm³/mol. The summed E-state index contributed by atoms with van der Waals surface area (Å²) in [4.78, 5) is 15.2. The highest BCUT2D eigenvalue weighted by atomic mass is 19.1. The Balaban J connectivity index is 1.50. The molecule has 2 aromatic carbocycles. The fourth-order valence-electron chi connectivity index (χ4n) is 4.28. The number of hydrogen-bond donors (Lipinski definition) is 0. The van der Waals surface area contributed by atoms with E-state index in [2.05, 4.69) is 0 Å². The minimum Gasteiger partial charge on any atom is -0.486 e. The maximum atomic E-state index is 13.4. The van der Waals surface area contributed by atoms with E-state index in [0.717, 1.165) is 37.0 Å². The third-order valence-electron chi connectivity index (χ3n) is 5.66. The van der Waals surface area contributed by atoms with Crippen LogP contribution in [-0.2, 0) is 10.2 Å². The molecular formula is C22H24FNO3. The number of benzene rings is 2. The summed E-state index contributed by atoms with van der Waals surface area (Å²) in [6.07, 6.45) is 3.40. The van der Waals surface area contributed by atoms with Gasteiger partial charge in [0, 0.05) is 7.05 Å². The van der Waals surface area contributed by atoms with Crippen molar-refractivity contribution in [3.63, 3.8) is 0 Å². The second-order valence-electron chi connectivity index (χ2n) is 7.48. The molecule has 0 radical (unpaired) electrons. The average Bonchev–Trinajstić information content (AvgIpc) is 3.19. The lowest BCUT2D eigenvalue weighted by Gasteiger charge is -2.35. The minimum absolute atomic E-state index is 0.0778. The van der Waals surface area contributed by atoms with Gasteiger partial charge in [-0.05, 0) is 42.7 Å². The molecule has 142 valence electrons. The maximum absolute atomic E-state index is 13.4. The normalized spacial score (nSPS) is 20.3. The first-order valence-electron chi connectivity index (χ1n) is 9.49. The van der Waals surface area contributed by atoms with Crippen LogP contribution in [0.3, 0.4) is 0 Å². The van der Waals surface area contributed by atoms with E-state index in [-0.39, 0.29) is 17.8 Å². The number of halogens is 1. The Labute approximate surface area is 158 Å². The van der Waals surface area contributed by atoms with Gasteiger partial charge in [0.1, 0.15) is 12.4 Å². The number of likely N-dealkylation sites (N-methyl/N-ethyl adjacent to an activating group) is 1. The van der Waals surface area contributed by atoms with Gasteiger partial charge in [-0.3, -0.25) is 4.79 Å². The first kappa shape index (κ1) is 17.8. The maximum Gasteiger partial charge on any atom is 0.233 e. The number of hydrogen-bond acceptors (Lipinski definition) is 3. The molecule has 1 atom stereocenters. The first-order chi connectivity index (χ1) is 13.1. The van der Waals surface area contributed by atoms with Crippen molar-refractivity contribution in [2.45, 2.75) is 37.2 Å². The molecule has 1 saturated carbocycles. The molecule has 0 N–H and O–H groups in total. The van der Waals surface area contributed by atoms with Crippen molar-refractivity contribution in [2.24, 2.45) is 0 Å². The van der Waals surface area contributed by atoms with Gasteiger partial charge in [0.2, 0.25) is 5.91 Å². The van der Waals surface area contributed by atoms with Gasteiger partial charge >= 0.3 is 0 Å². The molecule has 2 aliphatic rings. The molecule has 1 amide bonds. The van der Waals surface area contributed by atoms with Crippen LogP contribution in [0.15, 0.2) is 48.5 Å². The van der Waals surface area contributed by atoms with Gasteiger partial charge < -0.3 is 14.4 Å². The summed E-state index contributed by atoms with van der Waals surface area (Å²) >= 11 is 0. The minimum atomic E-state index is -0.560. The zero-order chi connectivity index (χ0) is 18.9. The molecule has 27 heavy (non-hydrogen) atoms. The summed E-state index contributed by atoms with van der Waals surface area (Å²) < 4.78 is 25.1. The monoisotopic (exact) mass is 369 g/mol. The Kier molecular flexibility index (Phi) is 4.77. The van der Waals surface area contributed by atoms with Crippen molar-refractivity contribution >= 4 is 5.91 Å². The van der Waals surface area contributed by atoms with Gasteiger partial charge in [0.05, 0.1) is 12.0 Å². The van der Waals surface area contributed by atoms with E-state index in [9.17, 15) is 9.18 Å². The fourth-order valence-corrected chi connectivity index (χ4v) is 4.28. The number of fused-ring (bicyclic) bond motifs is 1. The van der Waals surface area contributed by atoms with Crippen LogP contribution in [0.25, 0.3) is 0 Å². The molecule has 4 rings (SSSR count). The molecule has 1 unspecified atom stereocenters. The molecule has 0 bridgehead atoms. The largest absolute Gasteiger partial charge is 0.486 e. The standard InChI is InChI=1S/C22H24FNO3/c1-24(14-18-15-26-19-6-2-3-7-20(19)27-18)21(25)22(12-4-5-13-22)16-8-10-17(23)11-9-16/h2-3,6-11,18H,4-5,12-15H2,1H3. The van der Waals surface area contributed by atoms with Crippen molar-refractivity contribution in [3.8, 4) is 11.5 Å². The Morgan fingerprint density at radius 3 is 2.48 bits per heavy atom. The second kappa shape index (κ2) is 7.22. The number of ether oxygens (including phenoxy) is 2. The molecule has 1 fully saturated rings. The quantitative estimate of drug-likeness (QED) is 0.820. The Morgan fingerprint density at radius 2 is 1.78 bits per heavy atom. The average molecular weight is 369 g/mol. The molecule has 1 aliphatic carbocycles. The van der Waals surface area contributed by atoms with E-state index in [0.29, 0.717) is 18.9 Å². The van der Waals surface area contributed by atoms with Gasteiger partial charge in [0.15, 0.2) is 17.6 Å². The van der Waals surface area contributed by atoms with Crippen molar-refractivity contribution in [1.82, 2.24) is 4.90 Å². The number of carbonyl (C=O) groups is 1. The van der Waals surface area contributed by atoms with E-state index in [1.807, 2.05) is 31.3 Å². The van der Waals surface area contributed by atoms with Crippen LogP contribution in [0.2, 0.25) is 0 Å². The summed E-state index contributed by atoms with van der Waals surface area (Å²) in [6, 6.07) is 14.0. The van der Waals surface area contributed by atoms with Crippen LogP contribution in [0.1, 0.15) is 31.2 Å². The Bertz CT molecular complexity index is 815.